The van der Waals surface area contributed by atoms with Gasteiger partial charge in [0.25, 0.3) is 0 Å². The molecule has 2 atom stereocenters. The molecule has 0 spiro atoms. The van der Waals surface area contributed by atoms with Crippen molar-refractivity contribution in [1.29, 1.82) is 0 Å². The number of benzene rings is 1. The quantitative estimate of drug-likeness (QED) is 0.864. The number of nitrogens with zero attached hydrogens (tertiary/aromatic N) is 2. The van der Waals surface area contributed by atoms with Crippen LogP contribution in [0.15, 0.2) is 18.2 Å². The van der Waals surface area contributed by atoms with E-state index in [2.05, 4.69) is 9.80 Å². The normalized spacial score (nSPS) is 22.6. The largest absolute Gasteiger partial charge is 0.391 e. The SMILES string of the molecule is CC(=O)c1ccc(N2CC(O)CC2CN(C)C)cc1Cl. The number of hydrogen-bond acceptors (Lipinski definition) is 4. The van der Waals surface area contributed by atoms with Crippen LogP contribution in [0.3, 0.4) is 0 Å². The zero-order valence-corrected chi connectivity index (χ0v) is 12.9. The molecule has 5 heteroatoms. The van der Waals surface area contributed by atoms with E-state index in [1.165, 1.54) is 6.92 Å². The summed E-state index contributed by atoms with van der Waals surface area (Å²) in [6.07, 6.45) is 0.441. The Morgan fingerprint density at radius 1 is 1.50 bits per heavy atom. The number of aliphatic hydroxyl groups is 1. The van der Waals surface area contributed by atoms with E-state index in [1.807, 2.05) is 26.2 Å². The van der Waals surface area contributed by atoms with Crippen LogP contribution in [0.5, 0.6) is 0 Å². The van der Waals surface area contributed by atoms with Crippen molar-refractivity contribution in [2.24, 2.45) is 0 Å². The predicted octanol–water partition coefficient (Wildman–Crippen LogP) is 2.04. The first-order valence-electron chi connectivity index (χ1n) is 6.78. The zero-order valence-electron chi connectivity index (χ0n) is 12.1. The third kappa shape index (κ3) is 3.32. The van der Waals surface area contributed by atoms with E-state index in [0.29, 0.717) is 17.1 Å². The Bertz CT molecular complexity index is 505. The van der Waals surface area contributed by atoms with E-state index in [-0.39, 0.29) is 17.9 Å². The Labute approximate surface area is 124 Å². The molecule has 0 radical (unpaired) electrons. The lowest BCUT2D eigenvalue weighted by Crippen LogP contribution is -2.37. The number of anilines is 1. The lowest BCUT2D eigenvalue weighted by Gasteiger charge is -2.29. The van der Waals surface area contributed by atoms with Crippen LogP contribution in [-0.4, -0.2) is 55.1 Å². The van der Waals surface area contributed by atoms with Gasteiger partial charge in [0.05, 0.1) is 11.1 Å². The van der Waals surface area contributed by atoms with Crippen molar-refractivity contribution in [2.45, 2.75) is 25.5 Å². The summed E-state index contributed by atoms with van der Waals surface area (Å²) < 4.78 is 0. The fourth-order valence-corrected chi connectivity index (χ4v) is 3.08. The van der Waals surface area contributed by atoms with E-state index in [1.54, 1.807) is 6.07 Å². The zero-order chi connectivity index (χ0) is 14.9. The van der Waals surface area contributed by atoms with Crippen LogP contribution in [0.2, 0.25) is 5.02 Å². The number of likely N-dealkylation sites (N-methyl/N-ethyl adjacent to an activating group) is 1. The second kappa shape index (κ2) is 6.12. The molecule has 4 nitrogen and oxygen atoms in total. The van der Waals surface area contributed by atoms with Crippen molar-refractivity contribution in [3.05, 3.63) is 28.8 Å². The van der Waals surface area contributed by atoms with Gasteiger partial charge in [-0.25, -0.2) is 0 Å². The Morgan fingerprint density at radius 3 is 2.75 bits per heavy atom. The number of ketones is 1. The second-order valence-electron chi connectivity index (χ2n) is 5.68. The number of hydrogen-bond donors (Lipinski definition) is 1. The number of Topliss-reactive ketones (excluding diaryl/α,β-unsaturated/α-hetero) is 1. The van der Waals surface area contributed by atoms with Crippen LogP contribution in [0, 0.1) is 0 Å². The molecule has 1 heterocycles. The number of carbonyl (C=O) groups is 1. The number of aliphatic hydroxyl groups excluding tert-OH is 1. The maximum atomic E-state index is 11.4. The van der Waals surface area contributed by atoms with Gasteiger partial charge in [0.1, 0.15) is 0 Å². The molecule has 20 heavy (non-hydrogen) atoms. The van der Waals surface area contributed by atoms with E-state index in [4.69, 9.17) is 11.6 Å². The fraction of sp³-hybridized carbons (Fsp3) is 0.533. The van der Waals surface area contributed by atoms with E-state index in [0.717, 1.165) is 18.7 Å². The Hall–Kier alpha value is -1.10. The first kappa shape index (κ1) is 15.3. The molecule has 1 aromatic carbocycles. The van der Waals surface area contributed by atoms with Crippen LogP contribution in [-0.2, 0) is 0 Å². The van der Waals surface area contributed by atoms with Crippen LogP contribution >= 0.6 is 11.6 Å². The monoisotopic (exact) mass is 296 g/mol. The molecule has 1 aromatic rings. The van der Waals surface area contributed by atoms with Crippen LogP contribution in [0.1, 0.15) is 23.7 Å². The van der Waals surface area contributed by atoms with Crippen molar-refractivity contribution in [3.8, 4) is 0 Å². The minimum Gasteiger partial charge on any atom is -0.391 e. The summed E-state index contributed by atoms with van der Waals surface area (Å²) in [6.45, 7) is 2.99. The lowest BCUT2D eigenvalue weighted by molar-refractivity contribution is 0.101. The van der Waals surface area contributed by atoms with Crippen LogP contribution in [0.4, 0.5) is 5.69 Å². The predicted molar refractivity (Wildman–Crippen MR) is 81.8 cm³/mol. The summed E-state index contributed by atoms with van der Waals surface area (Å²) in [5.74, 6) is -0.0344. The molecule has 110 valence electrons. The van der Waals surface area contributed by atoms with Gasteiger partial charge in [-0.2, -0.15) is 0 Å². The molecule has 1 saturated heterocycles. The van der Waals surface area contributed by atoms with Gasteiger partial charge in [0, 0.05) is 30.4 Å². The third-order valence-corrected chi connectivity index (χ3v) is 3.94. The molecule has 0 saturated carbocycles. The second-order valence-corrected chi connectivity index (χ2v) is 6.09. The highest BCUT2D eigenvalue weighted by Crippen LogP contribution is 2.30. The summed E-state index contributed by atoms with van der Waals surface area (Å²) in [7, 11) is 4.05. The molecule has 1 aliphatic heterocycles. The summed E-state index contributed by atoms with van der Waals surface area (Å²) >= 11 is 6.17. The van der Waals surface area contributed by atoms with Crippen molar-refractivity contribution in [1.82, 2.24) is 4.90 Å². The smallest absolute Gasteiger partial charge is 0.161 e. The number of carbonyl (C=O) groups excluding carboxylic acids is 1. The van der Waals surface area contributed by atoms with E-state index >= 15 is 0 Å². The molecule has 1 fully saturated rings. The van der Waals surface area contributed by atoms with Crippen molar-refractivity contribution < 1.29 is 9.90 Å². The van der Waals surface area contributed by atoms with Gasteiger partial charge in [-0.15, -0.1) is 0 Å². The summed E-state index contributed by atoms with van der Waals surface area (Å²) in [5, 5.41) is 10.4. The van der Waals surface area contributed by atoms with Gasteiger partial charge in [-0.1, -0.05) is 11.6 Å². The maximum absolute atomic E-state index is 11.4. The first-order chi connectivity index (χ1) is 9.38. The minimum atomic E-state index is -0.314. The number of rotatable bonds is 4. The average molecular weight is 297 g/mol. The van der Waals surface area contributed by atoms with Crippen molar-refractivity contribution in [3.63, 3.8) is 0 Å². The van der Waals surface area contributed by atoms with Crippen LogP contribution < -0.4 is 4.90 Å². The maximum Gasteiger partial charge on any atom is 0.161 e. The Morgan fingerprint density at radius 2 is 2.20 bits per heavy atom. The summed E-state index contributed by atoms with van der Waals surface area (Å²) in [4.78, 5) is 15.7. The number of β-amino-alcohol motifs (C(OH)–C–C–N with tert-alkyl or cyclic N) is 1. The molecule has 0 aliphatic carbocycles. The molecule has 0 aromatic heterocycles. The molecule has 2 rings (SSSR count). The standard InChI is InChI=1S/C15H21ClN2O2/c1-10(19)14-5-4-11(7-15(14)16)18-9-13(20)6-12(18)8-17(2)3/h4-5,7,12-13,20H,6,8-9H2,1-3H3. The van der Waals surface area contributed by atoms with E-state index < -0.39 is 0 Å². The molecule has 1 aliphatic rings. The highest BCUT2D eigenvalue weighted by atomic mass is 35.5. The van der Waals surface area contributed by atoms with Gasteiger partial charge in [-0.3, -0.25) is 4.79 Å². The molecule has 0 amide bonds. The van der Waals surface area contributed by atoms with Crippen LogP contribution in [0.25, 0.3) is 0 Å². The molecule has 1 N–H and O–H groups in total. The molecule has 2 unspecified atom stereocenters. The molecule has 0 bridgehead atoms. The first-order valence-corrected chi connectivity index (χ1v) is 7.16. The minimum absolute atomic E-state index is 0.0344. The molecular weight excluding hydrogens is 276 g/mol. The average Bonchev–Trinajstić information content (AvgIpc) is 2.68. The topological polar surface area (TPSA) is 43.8 Å². The third-order valence-electron chi connectivity index (χ3n) is 3.63. The van der Waals surface area contributed by atoms with Gasteiger partial charge in [-0.05, 0) is 45.6 Å². The fourth-order valence-electron chi connectivity index (χ4n) is 2.77. The van der Waals surface area contributed by atoms with E-state index in [9.17, 15) is 9.90 Å². The van der Waals surface area contributed by atoms with Gasteiger partial charge in [0.2, 0.25) is 0 Å². The van der Waals surface area contributed by atoms with Crippen molar-refractivity contribution >= 4 is 23.1 Å². The molecular formula is C15H21ClN2O2. The summed E-state index contributed by atoms with van der Waals surface area (Å²) in [5.41, 5.74) is 1.50. The highest BCUT2D eigenvalue weighted by molar-refractivity contribution is 6.34. The van der Waals surface area contributed by atoms with Gasteiger partial charge < -0.3 is 14.9 Å². The summed E-state index contributed by atoms with van der Waals surface area (Å²) in [6, 6.07) is 5.75. The van der Waals surface area contributed by atoms with Crippen molar-refractivity contribution in [2.75, 3.05) is 32.1 Å². The van der Waals surface area contributed by atoms with Gasteiger partial charge >= 0.3 is 0 Å². The lowest BCUT2D eigenvalue weighted by atomic mass is 10.1. The Kier molecular flexibility index (Phi) is 4.68. The highest BCUT2D eigenvalue weighted by Gasteiger charge is 2.31. The van der Waals surface area contributed by atoms with Gasteiger partial charge in [0.15, 0.2) is 5.78 Å². The number of halogens is 1. The Balaban J connectivity index is 2.25.